The number of carbonyl (C=O) groups is 2. The van der Waals surface area contributed by atoms with Gasteiger partial charge in [0.25, 0.3) is 0 Å². The van der Waals surface area contributed by atoms with Gasteiger partial charge in [-0.1, -0.05) is 0 Å². The van der Waals surface area contributed by atoms with Gasteiger partial charge >= 0.3 is 12.2 Å². The van der Waals surface area contributed by atoms with Crippen LogP contribution in [0.25, 0.3) is 0 Å². The molecule has 1 saturated heterocycles. The smallest absolute Gasteiger partial charge is 0.429 e. The van der Waals surface area contributed by atoms with Crippen LogP contribution in [0.1, 0.15) is 13.8 Å². The lowest BCUT2D eigenvalue weighted by Gasteiger charge is -2.40. The normalized spacial score (nSPS) is 23.8. The van der Waals surface area contributed by atoms with E-state index in [0.717, 1.165) is 10.0 Å². The zero-order valence-electron chi connectivity index (χ0n) is 10.4. The topological polar surface area (TPSA) is 99.5 Å². The number of hydrazine groups is 1. The molecule has 0 saturated carbocycles. The van der Waals surface area contributed by atoms with Crippen molar-refractivity contribution in [1.29, 1.82) is 0 Å². The maximum absolute atomic E-state index is 11.6. The molecule has 0 aromatic rings. The van der Waals surface area contributed by atoms with Crippen LogP contribution in [0.2, 0.25) is 0 Å². The quantitative estimate of drug-likeness (QED) is 0.699. The van der Waals surface area contributed by atoms with Gasteiger partial charge in [0, 0.05) is 0 Å². The molecular formula is C10H18N2O6. The highest BCUT2D eigenvalue weighted by Crippen LogP contribution is 2.15. The molecule has 0 radical (unpaired) electrons. The highest BCUT2D eigenvalue weighted by atomic mass is 16.6. The fraction of sp³-hybridized carbons (Fsp3) is 0.800. The van der Waals surface area contributed by atoms with Crippen molar-refractivity contribution in [2.75, 3.05) is 26.3 Å². The van der Waals surface area contributed by atoms with Gasteiger partial charge in [-0.25, -0.2) is 19.6 Å². The summed E-state index contributed by atoms with van der Waals surface area (Å²) >= 11 is 0. The van der Waals surface area contributed by atoms with Crippen LogP contribution in [-0.2, 0) is 9.47 Å². The van der Waals surface area contributed by atoms with E-state index in [2.05, 4.69) is 0 Å². The third-order valence-electron chi connectivity index (χ3n) is 2.41. The Bertz CT molecular complexity index is 281. The Morgan fingerprint density at radius 1 is 1.00 bits per heavy atom. The van der Waals surface area contributed by atoms with Crippen molar-refractivity contribution < 1.29 is 29.3 Å². The first-order valence-electron chi connectivity index (χ1n) is 5.75. The standard InChI is InChI=1S/C10H18N2O6/c1-3-17-9(15)11-5-7(13)8(14)6-12(11)10(16)18-4-2/h7-8,13-14H,3-6H2,1-2H3. The molecule has 2 amide bonds. The summed E-state index contributed by atoms with van der Waals surface area (Å²) in [6.45, 7) is 3.09. The first-order valence-corrected chi connectivity index (χ1v) is 5.75. The second kappa shape index (κ2) is 6.41. The number of aliphatic hydroxyl groups excluding tert-OH is 2. The lowest BCUT2D eigenvalue weighted by Crippen LogP contribution is -2.62. The molecule has 2 atom stereocenters. The van der Waals surface area contributed by atoms with Crippen molar-refractivity contribution in [1.82, 2.24) is 10.0 Å². The number of carbonyl (C=O) groups excluding carboxylic acids is 2. The second-order valence-corrected chi connectivity index (χ2v) is 3.70. The van der Waals surface area contributed by atoms with Gasteiger partial charge in [0.15, 0.2) is 0 Å². The van der Waals surface area contributed by atoms with E-state index in [1.807, 2.05) is 0 Å². The van der Waals surface area contributed by atoms with Crippen LogP contribution in [0.5, 0.6) is 0 Å². The Hall–Kier alpha value is -1.54. The lowest BCUT2D eigenvalue weighted by molar-refractivity contribution is -0.121. The Kier molecular flexibility index (Phi) is 5.17. The molecule has 1 heterocycles. The van der Waals surface area contributed by atoms with Crippen LogP contribution < -0.4 is 0 Å². The van der Waals surface area contributed by atoms with Gasteiger partial charge < -0.3 is 19.7 Å². The van der Waals surface area contributed by atoms with Crippen LogP contribution in [-0.4, -0.2) is 70.9 Å². The van der Waals surface area contributed by atoms with Gasteiger partial charge in [0.1, 0.15) is 12.2 Å². The van der Waals surface area contributed by atoms with Gasteiger partial charge in [-0.05, 0) is 13.8 Å². The zero-order chi connectivity index (χ0) is 13.7. The molecule has 0 aliphatic carbocycles. The Balaban J connectivity index is 2.80. The van der Waals surface area contributed by atoms with E-state index in [-0.39, 0.29) is 26.3 Å². The van der Waals surface area contributed by atoms with E-state index in [1.165, 1.54) is 0 Å². The monoisotopic (exact) mass is 262 g/mol. The first kappa shape index (κ1) is 14.5. The summed E-state index contributed by atoms with van der Waals surface area (Å²) in [5.74, 6) is 0. The number of β-amino-alcohol motifs (C(OH)–C–C–N with tert-alkyl or cyclic N) is 2. The molecular weight excluding hydrogens is 244 g/mol. The number of rotatable bonds is 2. The Morgan fingerprint density at radius 2 is 1.33 bits per heavy atom. The SMILES string of the molecule is CCOC(=O)N1CC(O)C(O)CN1C(=O)OCC. The minimum atomic E-state index is -1.12. The number of hydrogen-bond acceptors (Lipinski definition) is 6. The van der Waals surface area contributed by atoms with Crippen molar-refractivity contribution >= 4 is 12.2 Å². The first-order chi connectivity index (χ1) is 8.51. The molecule has 0 aromatic heterocycles. The van der Waals surface area contributed by atoms with E-state index in [1.54, 1.807) is 13.8 Å². The molecule has 2 N–H and O–H groups in total. The molecule has 2 unspecified atom stereocenters. The van der Waals surface area contributed by atoms with Crippen LogP contribution in [0.3, 0.4) is 0 Å². The molecule has 8 nitrogen and oxygen atoms in total. The van der Waals surface area contributed by atoms with Crippen LogP contribution >= 0.6 is 0 Å². The van der Waals surface area contributed by atoms with Crippen molar-refractivity contribution in [3.63, 3.8) is 0 Å². The summed E-state index contributed by atoms with van der Waals surface area (Å²) in [6, 6.07) is 0. The minimum absolute atomic E-state index is 0.143. The van der Waals surface area contributed by atoms with Crippen LogP contribution in [0, 0.1) is 0 Å². The fourth-order valence-corrected chi connectivity index (χ4v) is 1.54. The van der Waals surface area contributed by atoms with Crippen molar-refractivity contribution in [3.8, 4) is 0 Å². The van der Waals surface area contributed by atoms with E-state index < -0.39 is 24.4 Å². The Morgan fingerprint density at radius 3 is 1.61 bits per heavy atom. The molecule has 1 fully saturated rings. The highest BCUT2D eigenvalue weighted by molar-refractivity contribution is 5.74. The summed E-state index contributed by atoms with van der Waals surface area (Å²) < 4.78 is 9.54. The summed E-state index contributed by atoms with van der Waals surface area (Å²) in [6.07, 6.45) is -3.78. The number of hydrogen-bond donors (Lipinski definition) is 2. The second-order valence-electron chi connectivity index (χ2n) is 3.70. The van der Waals surface area contributed by atoms with Gasteiger partial charge in [-0.3, -0.25) is 0 Å². The molecule has 0 aromatic carbocycles. The summed E-state index contributed by atoms with van der Waals surface area (Å²) in [5.41, 5.74) is 0. The molecule has 104 valence electrons. The van der Waals surface area contributed by atoms with Gasteiger partial charge in [-0.15, -0.1) is 0 Å². The number of amides is 2. The average Bonchev–Trinajstić information content (AvgIpc) is 2.32. The maximum Gasteiger partial charge on any atom is 0.429 e. The number of aliphatic hydroxyl groups is 2. The van der Waals surface area contributed by atoms with E-state index in [4.69, 9.17) is 9.47 Å². The largest absolute Gasteiger partial charge is 0.448 e. The van der Waals surface area contributed by atoms with E-state index in [9.17, 15) is 19.8 Å². The molecule has 1 aliphatic rings. The van der Waals surface area contributed by atoms with Gasteiger partial charge in [-0.2, -0.15) is 0 Å². The maximum atomic E-state index is 11.6. The minimum Gasteiger partial charge on any atom is -0.448 e. The predicted molar refractivity (Wildman–Crippen MR) is 59.5 cm³/mol. The molecule has 0 bridgehead atoms. The van der Waals surface area contributed by atoms with Crippen LogP contribution in [0.15, 0.2) is 0 Å². The third-order valence-corrected chi connectivity index (χ3v) is 2.41. The van der Waals surface area contributed by atoms with Crippen molar-refractivity contribution in [2.24, 2.45) is 0 Å². The summed E-state index contributed by atoms with van der Waals surface area (Å²) in [4.78, 5) is 23.3. The average molecular weight is 262 g/mol. The zero-order valence-corrected chi connectivity index (χ0v) is 10.4. The van der Waals surface area contributed by atoms with Crippen molar-refractivity contribution in [3.05, 3.63) is 0 Å². The fourth-order valence-electron chi connectivity index (χ4n) is 1.54. The number of ether oxygens (including phenoxy) is 2. The Labute approximate surface area is 105 Å². The molecule has 1 rings (SSSR count). The van der Waals surface area contributed by atoms with Crippen molar-refractivity contribution in [2.45, 2.75) is 26.1 Å². The molecule has 1 aliphatic heterocycles. The predicted octanol–water partition coefficient (Wildman–Crippen LogP) is -0.446. The van der Waals surface area contributed by atoms with Gasteiger partial charge in [0.05, 0.1) is 26.3 Å². The summed E-state index contributed by atoms with van der Waals surface area (Å²) in [5, 5.41) is 20.9. The van der Waals surface area contributed by atoms with E-state index in [0.29, 0.717) is 0 Å². The molecule has 0 spiro atoms. The third kappa shape index (κ3) is 3.23. The highest BCUT2D eigenvalue weighted by Gasteiger charge is 2.39. The van der Waals surface area contributed by atoms with Crippen LogP contribution in [0.4, 0.5) is 9.59 Å². The molecule has 8 heteroatoms. The van der Waals surface area contributed by atoms with Gasteiger partial charge in [0.2, 0.25) is 0 Å². The number of nitrogens with zero attached hydrogens (tertiary/aromatic N) is 2. The molecule has 18 heavy (non-hydrogen) atoms. The lowest BCUT2D eigenvalue weighted by atomic mass is 10.1. The van der Waals surface area contributed by atoms with E-state index >= 15 is 0 Å². The summed E-state index contributed by atoms with van der Waals surface area (Å²) in [7, 11) is 0.